The highest BCUT2D eigenvalue weighted by molar-refractivity contribution is 7.92. The van der Waals surface area contributed by atoms with E-state index in [1.807, 2.05) is 19.1 Å². The Bertz CT molecular complexity index is 971. The lowest BCUT2D eigenvalue weighted by Gasteiger charge is -2.12. The van der Waals surface area contributed by atoms with Gasteiger partial charge in [0.1, 0.15) is 0 Å². The highest BCUT2D eigenvalue weighted by Crippen LogP contribution is 2.27. The first-order valence-corrected chi connectivity index (χ1v) is 8.83. The van der Waals surface area contributed by atoms with Gasteiger partial charge in [-0.3, -0.25) is 9.71 Å². The largest absolute Gasteiger partial charge is 0.397 e. The number of nitrogen functional groups attached to an aromatic ring is 1. The van der Waals surface area contributed by atoms with Crippen molar-refractivity contribution in [2.24, 2.45) is 0 Å². The fourth-order valence-electron chi connectivity index (χ4n) is 2.33. The number of aryl methyl sites for hydroxylation is 1. The molecular formula is C18H17N3O2S. The van der Waals surface area contributed by atoms with Crippen molar-refractivity contribution in [3.63, 3.8) is 0 Å². The average Bonchev–Trinajstić information content (AvgIpc) is 2.57. The van der Waals surface area contributed by atoms with Crippen molar-refractivity contribution in [3.05, 3.63) is 72.6 Å². The predicted octanol–water partition coefficient (Wildman–Crippen LogP) is 3.44. The molecule has 0 aliphatic carbocycles. The second kappa shape index (κ2) is 6.33. The van der Waals surface area contributed by atoms with Gasteiger partial charge in [0.15, 0.2) is 0 Å². The number of nitrogens with one attached hydrogen (secondary N) is 1. The summed E-state index contributed by atoms with van der Waals surface area (Å²) in [5, 5.41) is 0. The second-order valence-corrected chi connectivity index (χ2v) is 7.14. The van der Waals surface area contributed by atoms with Crippen LogP contribution in [-0.2, 0) is 10.0 Å². The molecule has 0 fully saturated rings. The second-order valence-electron chi connectivity index (χ2n) is 5.46. The minimum atomic E-state index is -3.63. The normalized spacial score (nSPS) is 11.2. The van der Waals surface area contributed by atoms with Crippen LogP contribution in [0.4, 0.5) is 11.4 Å². The fraction of sp³-hybridized carbons (Fsp3) is 0.0556. The van der Waals surface area contributed by atoms with E-state index in [-0.39, 0.29) is 4.90 Å². The van der Waals surface area contributed by atoms with Crippen LogP contribution >= 0.6 is 0 Å². The number of sulfonamides is 1. The molecule has 0 bridgehead atoms. The number of aromatic nitrogens is 1. The maximum Gasteiger partial charge on any atom is 0.261 e. The molecule has 122 valence electrons. The summed E-state index contributed by atoms with van der Waals surface area (Å²) in [5.74, 6) is 0. The highest BCUT2D eigenvalue weighted by Gasteiger charge is 2.15. The van der Waals surface area contributed by atoms with Gasteiger partial charge in [-0.2, -0.15) is 0 Å². The number of benzene rings is 2. The summed E-state index contributed by atoms with van der Waals surface area (Å²) in [6.45, 7) is 1.85. The Morgan fingerprint density at radius 3 is 2.42 bits per heavy atom. The molecule has 0 radical (unpaired) electrons. The van der Waals surface area contributed by atoms with E-state index in [2.05, 4.69) is 9.71 Å². The van der Waals surface area contributed by atoms with Crippen molar-refractivity contribution in [3.8, 4) is 11.1 Å². The molecule has 0 spiro atoms. The van der Waals surface area contributed by atoms with Crippen LogP contribution in [0.3, 0.4) is 0 Å². The smallest absolute Gasteiger partial charge is 0.261 e. The third-order valence-electron chi connectivity index (χ3n) is 3.63. The molecule has 0 aliphatic heterocycles. The Morgan fingerprint density at radius 2 is 1.71 bits per heavy atom. The zero-order chi connectivity index (χ0) is 17.2. The minimum Gasteiger partial charge on any atom is -0.397 e. The lowest BCUT2D eigenvalue weighted by Crippen LogP contribution is -2.13. The van der Waals surface area contributed by atoms with E-state index >= 15 is 0 Å². The molecule has 0 amide bonds. The summed E-state index contributed by atoms with van der Waals surface area (Å²) in [7, 11) is -3.63. The van der Waals surface area contributed by atoms with Gasteiger partial charge in [-0.1, -0.05) is 30.3 Å². The number of anilines is 2. The van der Waals surface area contributed by atoms with Crippen molar-refractivity contribution >= 4 is 21.4 Å². The van der Waals surface area contributed by atoms with Crippen molar-refractivity contribution in [1.29, 1.82) is 0 Å². The van der Waals surface area contributed by atoms with Crippen LogP contribution in [0.1, 0.15) is 5.56 Å². The lowest BCUT2D eigenvalue weighted by molar-refractivity contribution is 0.601. The molecule has 3 aromatic rings. The zero-order valence-corrected chi connectivity index (χ0v) is 13.9. The first kappa shape index (κ1) is 16.0. The quantitative estimate of drug-likeness (QED) is 0.762. The number of nitrogens with zero attached hydrogens (tertiary/aromatic N) is 1. The van der Waals surface area contributed by atoms with Crippen molar-refractivity contribution < 1.29 is 8.42 Å². The maximum atomic E-state index is 12.5. The molecule has 0 aliphatic rings. The van der Waals surface area contributed by atoms with Crippen LogP contribution in [0.25, 0.3) is 11.1 Å². The Balaban J connectivity index is 1.98. The molecule has 0 saturated heterocycles. The predicted molar refractivity (Wildman–Crippen MR) is 96.1 cm³/mol. The van der Waals surface area contributed by atoms with Gasteiger partial charge >= 0.3 is 0 Å². The van der Waals surface area contributed by atoms with Crippen LogP contribution in [0.5, 0.6) is 0 Å². The summed E-state index contributed by atoms with van der Waals surface area (Å²) < 4.78 is 27.7. The van der Waals surface area contributed by atoms with Gasteiger partial charge in [0.05, 0.1) is 16.3 Å². The molecule has 6 heteroatoms. The SMILES string of the molecule is Cc1ccc(-c2cncc(N)c2)cc1NS(=O)(=O)c1ccccc1. The van der Waals surface area contributed by atoms with E-state index in [1.165, 1.54) is 0 Å². The molecule has 1 heterocycles. The van der Waals surface area contributed by atoms with Crippen molar-refractivity contribution in [1.82, 2.24) is 4.98 Å². The lowest BCUT2D eigenvalue weighted by atomic mass is 10.0. The van der Waals surface area contributed by atoms with Crippen LogP contribution < -0.4 is 10.5 Å². The van der Waals surface area contributed by atoms with Gasteiger partial charge in [-0.15, -0.1) is 0 Å². The summed E-state index contributed by atoms with van der Waals surface area (Å²) in [6.07, 6.45) is 3.26. The van der Waals surface area contributed by atoms with E-state index in [0.717, 1.165) is 16.7 Å². The molecule has 24 heavy (non-hydrogen) atoms. The van der Waals surface area contributed by atoms with Crippen LogP contribution in [-0.4, -0.2) is 13.4 Å². The van der Waals surface area contributed by atoms with E-state index in [1.54, 1.807) is 54.9 Å². The van der Waals surface area contributed by atoms with Crippen molar-refractivity contribution in [2.75, 3.05) is 10.5 Å². The molecule has 2 aromatic carbocycles. The van der Waals surface area contributed by atoms with Crippen LogP contribution in [0.2, 0.25) is 0 Å². The topological polar surface area (TPSA) is 85.1 Å². The number of nitrogens with two attached hydrogens (primary N) is 1. The summed E-state index contributed by atoms with van der Waals surface area (Å²) >= 11 is 0. The molecule has 3 N–H and O–H groups in total. The van der Waals surface area contributed by atoms with E-state index < -0.39 is 10.0 Å². The van der Waals surface area contributed by atoms with Gasteiger partial charge in [0.25, 0.3) is 10.0 Å². The fourth-order valence-corrected chi connectivity index (χ4v) is 3.47. The first-order valence-electron chi connectivity index (χ1n) is 7.35. The summed E-state index contributed by atoms with van der Waals surface area (Å²) in [4.78, 5) is 4.29. The molecule has 3 rings (SSSR count). The first-order chi connectivity index (χ1) is 11.5. The number of pyridine rings is 1. The standard InChI is InChI=1S/C18H17N3O2S/c1-13-7-8-14(15-9-16(19)12-20-11-15)10-18(13)21-24(22,23)17-5-3-2-4-6-17/h2-12,21H,19H2,1H3. The molecule has 1 aromatic heterocycles. The Labute approximate surface area is 141 Å². The zero-order valence-electron chi connectivity index (χ0n) is 13.1. The van der Waals surface area contributed by atoms with E-state index in [4.69, 9.17) is 5.73 Å². The summed E-state index contributed by atoms with van der Waals surface area (Å²) in [6, 6.07) is 15.6. The average molecular weight is 339 g/mol. The van der Waals surface area contributed by atoms with Gasteiger partial charge < -0.3 is 5.73 Å². The van der Waals surface area contributed by atoms with Gasteiger partial charge in [-0.05, 0) is 42.3 Å². The molecular weight excluding hydrogens is 322 g/mol. The molecule has 5 nitrogen and oxygen atoms in total. The van der Waals surface area contributed by atoms with Crippen LogP contribution in [0, 0.1) is 6.92 Å². The third kappa shape index (κ3) is 3.38. The van der Waals surface area contributed by atoms with Crippen LogP contribution in [0.15, 0.2) is 71.9 Å². The number of hydrogen-bond donors (Lipinski definition) is 2. The van der Waals surface area contributed by atoms with E-state index in [0.29, 0.717) is 11.4 Å². The number of rotatable bonds is 4. The molecule has 0 unspecified atom stereocenters. The van der Waals surface area contributed by atoms with Gasteiger partial charge in [0.2, 0.25) is 0 Å². The molecule has 0 saturated carbocycles. The van der Waals surface area contributed by atoms with Crippen molar-refractivity contribution in [2.45, 2.75) is 11.8 Å². The Morgan fingerprint density at radius 1 is 0.958 bits per heavy atom. The minimum absolute atomic E-state index is 0.223. The summed E-state index contributed by atoms with van der Waals surface area (Å²) in [5.41, 5.74) is 9.35. The maximum absolute atomic E-state index is 12.5. The molecule has 0 atom stereocenters. The van der Waals surface area contributed by atoms with Gasteiger partial charge in [-0.25, -0.2) is 8.42 Å². The Hall–Kier alpha value is -2.86. The third-order valence-corrected chi connectivity index (χ3v) is 5.01. The Kier molecular flexibility index (Phi) is 4.22. The monoisotopic (exact) mass is 339 g/mol. The highest BCUT2D eigenvalue weighted by atomic mass is 32.2. The number of hydrogen-bond acceptors (Lipinski definition) is 4. The van der Waals surface area contributed by atoms with Gasteiger partial charge in [0, 0.05) is 18.0 Å². The van der Waals surface area contributed by atoms with E-state index in [9.17, 15) is 8.42 Å².